The number of rotatable bonds is 6. The smallest absolute Gasteiger partial charge is 0.251 e. The molecule has 4 nitrogen and oxygen atoms in total. The molecule has 0 aliphatic carbocycles. The number of benzene rings is 2. The molecule has 3 rings (SSSR count). The summed E-state index contributed by atoms with van der Waals surface area (Å²) in [5, 5.41) is 2.80. The van der Waals surface area contributed by atoms with Crippen LogP contribution in [0.3, 0.4) is 0 Å². The summed E-state index contributed by atoms with van der Waals surface area (Å²) in [6, 6.07) is 16.7. The lowest BCUT2D eigenvalue weighted by Gasteiger charge is -2.36. The van der Waals surface area contributed by atoms with Crippen LogP contribution in [0.2, 0.25) is 0 Å². The first-order valence-corrected chi connectivity index (χ1v) is 9.18. The van der Waals surface area contributed by atoms with Gasteiger partial charge in [0.2, 0.25) is 0 Å². The molecule has 1 N–H and O–H groups in total. The highest BCUT2D eigenvalue weighted by Gasteiger charge is 2.17. The fraction of sp³-hybridized carbons (Fsp3) is 0.318. The van der Waals surface area contributed by atoms with E-state index in [9.17, 15) is 4.79 Å². The normalized spacial score (nSPS) is 14.9. The van der Waals surface area contributed by atoms with E-state index in [0.717, 1.165) is 32.7 Å². The van der Waals surface area contributed by atoms with Gasteiger partial charge in [-0.05, 0) is 36.8 Å². The molecule has 26 heavy (non-hydrogen) atoms. The SMILES string of the molecule is C=CCNC(=O)c1ccc(CN2CCN(c3ccc(C)cc3)CC2)cc1. The van der Waals surface area contributed by atoms with Gasteiger partial charge in [0.15, 0.2) is 0 Å². The maximum absolute atomic E-state index is 11.9. The highest BCUT2D eigenvalue weighted by atomic mass is 16.1. The van der Waals surface area contributed by atoms with Crippen molar-refractivity contribution in [3.8, 4) is 0 Å². The predicted octanol–water partition coefficient (Wildman–Crippen LogP) is 3.23. The van der Waals surface area contributed by atoms with E-state index in [1.165, 1.54) is 16.8 Å². The summed E-state index contributed by atoms with van der Waals surface area (Å²) in [5.74, 6) is -0.0526. The van der Waals surface area contributed by atoms with Crippen molar-refractivity contribution in [2.75, 3.05) is 37.6 Å². The number of carbonyl (C=O) groups excluding carboxylic acids is 1. The molecule has 0 atom stereocenters. The second-order valence-electron chi connectivity index (χ2n) is 6.79. The van der Waals surface area contributed by atoms with Gasteiger partial charge < -0.3 is 10.2 Å². The molecule has 1 aliphatic rings. The molecule has 0 spiro atoms. The largest absolute Gasteiger partial charge is 0.369 e. The van der Waals surface area contributed by atoms with Gasteiger partial charge in [0.1, 0.15) is 0 Å². The molecule has 4 heteroatoms. The van der Waals surface area contributed by atoms with E-state index in [1.807, 2.05) is 12.1 Å². The second kappa shape index (κ2) is 8.68. The van der Waals surface area contributed by atoms with E-state index in [1.54, 1.807) is 6.08 Å². The number of amides is 1. The lowest BCUT2D eigenvalue weighted by molar-refractivity contribution is 0.0958. The number of nitrogens with zero attached hydrogens (tertiary/aromatic N) is 2. The van der Waals surface area contributed by atoms with Crippen molar-refractivity contribution in [2.24, 2.45) is 0 Å². The van der Waals surface area contributed by atoms with E-state index >= 15 is 0 Å². The fourth-order valence-electron chi connectivity index (χ4n) is 3.21. The van der Waals surface area contributed by atoms with Crippen LogP contribution in [-0.4, -0.2) is 43.5 Å². The third-order valence-electron chi connectivity index (χ3n) is 4.80. The topological polar surface area (TPSA) is 35.6 Å². The minimum atomic E-state index is -0.0526. The molecule has 0 aromatic heterocycles. The summed E-state index contributed by atoms with van der Waals surface area (Å²) < 4.78 is 0. The molecule has 1 heterocycles. The summed E-state index contributed by atoms with van der Waals surface area (Å²) in [5.41, 5.74) is 4.55. The van der Waals surface area contributed by atoms with Crippen LogP contribution < -0.4 is 10.2 Å². The average molecular weight is 349 g/mol. The monoisotopic (exact) mass is 349 g/mol. The van der Waals surface area contributed by atoms with Crippen molar-refractivity contribution in [1.29, 1.82) is 0 Å². The van der Waals surface area contributed by atoms with E-state index in [2.05, 4.69) is 65.0 Å². The first-order valence-electron chi connectivity index (χ1n) is 9.18. The third kappa shape index (κ3) is 4.73. The molecule has 0 unspecified atom stereocenters. The highest BCUT2D eigenvalue weighted by molar-refractivity contribution is 5.94. The van der Waals surface area contributed by atoms with Crippen LogP contribution in [0.4, 0.5) is 5.69 Å². The zero-order chi connectivity index (χ0) is 18.4. The van der Waals surface area contributed by atoms with Crippen LogP contribution in [-0.2, 0) is 6.54 Å². The standard InChI is InChI=1S/C22H27N3O/c1-3-12-23-22(26)20-8-6-19(7-9-20)17-24-13-15-25(16-14-24)21-10-4-18(2)5-11-21/h3-11H,1,12-17H2,2H3,(H,23,26). The van der Waals surface area contributed by atoms with Gasteiger partial charge in [-0.3, -0.25) is 9.69 Å². The van der Waals surface area contributed by atoms with E-state index in [0.29, 0.717) is 12.1 Å². The molecule has 1 saturated heterocycles. The summed E-state index contributed by atoms with van der Waals surface area (Å²) in [7, 11) is 0. The molecule has 2 aromatic rings. The van der Waals surface area contributed by atoms with Gasteiger partial charge in [-0.25, -0.2) is 0 Å². The summed E-state index contributed by atoms with van der Waals surface area (Å²) in [4.78, 5) is 16.8. The molecule has 0 saturated carbocycles. The van der Waals surface area contributed by atoms with Crippen molar-refractivity contribution in [2.45, 2.75) is 13.5 Å². The second-order valence-corrected chi connectivity index (χ2v) is 6.79. The highest BCUT2D eigenvalue weighted by Crippen LogP contribution is 2.18. The summed E-state index contributed by atoms with van der Waals surface area (Å²) >= 11 is 0. The summed E-state index contributed by atoms with van der Waals surface area (Å²) in [6.07, 6.45) is 1.68. The van der Waals surface area contributed by atoms with Gasteiger partial charge in [0, 0.05) is 50.5 Å². The summed E-state index contributed by atoms with van der Waals surface area (Å²) in [6.45, 7) is 11.3. The van der Waals surface area contributed by atoms with Gasteiger partial charge in [0.05, 0.1) is 0 Å². The van der Waals surface area contributed by atoms with Gasteiger partial charge in [-0.15, -0.1) is 6.58 Å². The van der Waals surface area contributed by atoms with Crippen LogP contribution in [0, 0.1) is 6.92 Å². The van der Waals surface area contributed by atoms with Crippen molar-refractivity contribution in [3.63, 3.8) is 0 Å². The van der Waals surface area contributed by atoms with Gasteiger partial charge >= 0.3 is 0 Å². The number of nitrogens with one attached hydrogen (secondary N) is 1. The average Bonchev–Trinajstić information content (AvgIpc) is 2.68. The van der Waals surface area contributed by atoms with Crippen LogP contribution >= 0.6 is 0 Å². The Labute approximate surface area is 156 Å². The number of aryl methyl sites for hydroxylation is 1. The van der Waals surface area contributed by atoms with E-state index in [4.69, 9.17) is 0 Å². The molecule has 0 bridgehead atoms. The molecular formula is C22H27N3O. The Bertz CT molecular complexity index is 729. The Morgan fingerprint density at radius 2 is 1.69 bits per heavy atom. The molecule has 2 aromatic carbocycles. The van der Waals surface area contributed by atoms with Gasteiger partial charge in [-0.2, -0.15) is 0 Å². The Morgan fingerprint density at radius 3 is 2.31 bits per heavy atom. The molecular weight excluding hydrogens is 322 g/mol. The Kier molecular flexibility index (Phi) is 6.08. The lowest BCUT2D eigenvalue weighted by Crippen LogP contribution is -2.45. The van der Waals surface area contributed by atoms with Crippen molar-refractivity contribution in [3.05, 3.63) is 77.9 Å². The quantitative estimate of drug-likeness (QED) is 0.814. The molecule has 1 amide bonds. The van der Waals surface area contributed by atoms with Gasteiger partial charge in [0.25, 0.3) is 5.91 Å². The number of hydrogen-bond acceptors (Lipinski definition) is 3. The number of anilines is 1. The van der Waals surface area contributed by atoms with Crippen LogP contribution in [0.5, 0.6) is 0 Å². The predicted molar refractivity (Wildman–Crippen MR) is 108 cm³/mol. The van der Waals surface area contributed by atoms with Crippen LogP contribution in [0.25, 0.3) is 0 Å². The Morgan fingerprint density at radius 1 is 1.04 bits per heavy atom. The molecule has 1 fully saturated rings. The number of hydrogen-bond donors (Lipinski definition) is 1. The van der Waals surface area contributed by atoms with Crippen LogP contribution in [0.15, 0.2) is 61.2 Å². The van der Waals surface area contributed by atoms with Crippen molar-refractivity contribution < 1.29 is 4.79 Å². The molecule has 0 radical (unpaired) electrons. The number of carbonyl (C=O) groups is 1. The molecule has 1 aliphatic heterocycles. The lowest BCUT2D eigenvalue weighted by atomic mass is 10.1. The molecule has 136 valence electrons. The van der Waals surface area contributed by atoms with Gasteiger partial charge in [-0.1, -0.05) is 35.9 Å². The van der Waals surface area contributed by atoms with Crippen molar-refractivity contribution >= 4 is 11.6 Å². The van der Waals surface area contributed by atoms with E-state index < -0.39 is 0 Å². The van der Waals surface area contributed by atoms with Crippen LogP contribution in [0.1, 0.15) is 21.5 Å². The first-order chi connectivity index (χ1) is 12.7. The maximum Gasteiger partial charge on any atom is 0.251 e. The fourth-order valence-corrected chi connectivity index (χ4v) is 3.21. The third-order valence-corrected chi connectivity index (χ3v) is 4.80. The maximum atomic E-state index is 11.9. The zero-order valence-corrected chi connectivity index (χ0v) is 15.4. The van der Waals surface area contributed by atoms with E-state index in [-0.39, 0.29) is 5.91 Å². The zero-order valence-electron chi connectivity index (χ0n) is 15.4. The minimum absolute atomic E-state index is 0.0526. The Balaban J connectivity index is 1.50. The van der Waals surface area contributed by atoms with Crippen molar-refractivity contribution in [1.82, 2.24) is 10.2 Å². The Hall–Kier alpha value is -2.59. The first kappa shape index (κ1) is 18.2. The number of piperazine rings is 1. The minimum Gasteiger partial charge on any atom is -0.369 e.